The van der Waals surface area contributed by atoms with E-state index in [1.54, 1.807) is 0 Å². The highest BCUT2D eigenvalue weighted by Gasteiger charge is 2.51. The van der Waals surface area contributed by atoms with Gasteiger partial charge in [-0.3, -0.25) is 0 Å². The summed E-state index contributed by atoms with van der Waals surface area (Å²) in [4.78, 5) is 6.59. The van der Waals surface area contributed by atoms with Crippen LogP contribution >= 0.6 is 0 Å². The molecule has 0 aromatic carbocycles. The predicted octanol–water partition coefficient (Wildman–Crippen LogP) is 0.952. The van der Waals surface area contributed by atoms with E-state index in [0.29, 0.717) is 6.54 Å². The third-order valence-corrected chi connectivity index (χ3v) is 4.78. The van der Waals surface area contributed by atoms with Gasteiger partial charge in [0.05, 0.1) is 17.3 Å². The molecule has 0 aliphatic carbocycles. The molecule has 114 valence electrons. The van der Waals surface area contributed by atoms with E-state index in [1.165, 1.54) is 0 Å². The lowest BCUT2D eigenvalue weighted by atomic mass is 9.80. The van der Waals surface area contributed by atoms with Crippen molar-refractivity contribution >= 4 is 18.4 Å². The standard InChI is InChI=1S/C15H23BN2O3/c1-14(2)15(3,4)21-16(20-14)11-5-6-13(17-9-11)18-8-7-12(19)10-18/h5-6,9,12,19H,7-8,10H2,1-4H3. The van der Waals surface area contributed by atoms with Gasteiger partial charge >= 0.3 is 7.12 Å². The summed E-state index contributed by atoms with van der Waals surface area (Å²) < 4.78 is 12.0. The molecule has 2 fully saturated rings. The topological polar surface area (TPSA) is 54.8 Å². The molecule has 1 aromatic heterocycles. The fourth-order valence-corrected chi connectivity index (χ4v) is 2.65. The Morgan fingerprint density at radius 3 is 2.38 bits per heavy atom. The van der Waals surface area contributed by atoms with E-state index in [2.05, 4.69) is 9.88 Å². The largest absolute Gasteiger partial charge is 0.496 e. The molecule has 21 heavy (non-hydrogen) atoms. The lowest BCUT2D eigenvalue weighted by molar-refractivity contribution is 0.00578. The van der Waals surface area contributed by atoms with Gasteiger partial charge in [0.1, 0.15) is 5.82 Å². The first-order valence-electron chi connectivity index (χ1n) is 7.53. The van der Waals surface area contributed by atoms with Gasteiger partial charge < -0.3 is 19.3 Å². The Kier molecular flexibility index (Phi) is 3.51. The van der Waals surface area contributed by atoms with Crippen molar-refractivity contribution in [2.75, 3.05) is 18.0 Å². The van der Waals surface area contributed by atoms with Gasteiger partial charge in [0.25, 0.3) is 0 Å². The predicted molar refractivity (Wildman–Crippen MR) is 82.8 cm³/mol. The molecule has 0 bridgehead atoms. The van der Waals surface area contributed by atoms with Gasteiger partial charge in [-0.2, -0.15) is 0 Å². The molecule has 3 rings (SSSR count). The summed E-state index contributed by atoms with van der Waals surface area (Å²) in [5.74, 6) is 0.895. The summed E-state index contributed by atoms with van der Waals surface area (Å²) >= 11 is 0. The molecule has 3 heterocycles. The monoisotopic (exact) mass is 290 g/mol. The molecule has 1 unspecified atom stereocenters. The number of anilines is 1. The summed E-state index contributed by atoms with van der Waals surface area (Å²) in [6.45, 7) is 9.68. The summed E-state index contributed by atoms with van der Waals surface area (Å²) in [5, 5.41) is 9.59. The minimum absolute atomic E-state index is 0.241. The van der Waals surface area contributed by atoms with Crippen LogP contribution in [0.5, 0.6) is 0 Å². The Balaban J connectivity index is 1.74. The van der Waals surface area contributed by atoms with Crippen LogP contribution in [0.4, 0.5) is 5.82 Å². The third kappa shape index (κ3) is 2.68. The number of pyridine rings is 1. The number of rotatable bonds is 2. The Hall–Kier alpha value is -1.11. The summed E-state index contributed by atoms with van der Waals surface area (Å²) in [6, 6.07) is 3.97. The molecule has 6 heteroatoms. The number of aromatic nitrogens is 1. The molecule has 5 nitrogen and oxygen atoms in total. The second-order valence-corrected chi connectivity index (χ2v) is 6.93. The minimum atomic E-state index is -0.374. The quantitative estimate of drug-likeness (QED) is 0.822. The van der Waals surface area contributed by atoms with Crippen molar-refractivity contribution in [3.8, 4) is 0 Å². The van der Waals surface area contributed by atoms with Crippen molar-refractivity contribution in [1.29, 1.82) is 0 Å². The second-order valence-electron chi connectivity index (χ2n) is 6.93. The number of hydrogen-bond donors (Lipinski definition) is 1. The highest BCUT2D eigenvalue weighted by atomic mass is 16.7. The van der Waals surface area contributed by atoms with E-state index in [0.717, 1.165) is 24.2 Å². The van der Waals surface area contributed by atoms with Gasteiger partial charge in [-0.1, -0.05) is 6.07 Å². The van der Waals surface area contributed by atoms with E-state index < -0.39 is 0 Å². The molecule has 1 aromatic rings. The van der Waals surface area contributed by atoms with Crippen molar-refractivity contribution in [3.63, 3.8) is 0 Å². The zero-order valence-corrected chi connectivity index (χ0v) is 13.2. The number of hydrogen-bond acceptors (Lipinski definition) is 5. The fraction of sp³-hybridized carbons (Fsp3) is 0.667. The van der Waals surface area contributed by atoms with Gasteiger partial charge in [0.15, 0.2) is 0 Å². The zero-order chi connectivity index (χ0) is 15.3. The van der Waals surface area contributed by atoms with Crippen molar-refractivity contribution in [3.05, 3.63) is 18.3 Å². The second kappa shape index (κ2) is 4.97. The van der Waals surface area contributed by atoms with E-state index in [4.69, 9.17) is 9.31 Å². The average molecular weight is 290 g/mol. The van der Waals surface area contributed by atoms with Crippen molar-refractivity contribution in [2.24, 2.45) is 0 Å². The van der Waals surface area contributed by atoms with Gasteiger partial charge in [0.2, 0.25) is 0 Å². The van der Waals surface area contributed by atoms with Crippen molar-refractivity contribution in [2.45, 2.75) is 51.4 Å². The van der Waals surface area contributed by atoms with Gasteiger partial charge in [-0.25, -0.2) is 4.98 Å². The van der Waals surface area contributed by atoms with Crippen LogP contribution in [0.15, 0.2) is 18.3 Å². The van der Waals surface area contributed by atoms with E-state index in [9.17, 15) is 5.11 Å². The lowest BCUT2D eigenvalue weighted by Gasteiger charge is -2.32. The van der Waals surface area contributed by atoms with Crippen LogP contribution in [-0.2, 0) is 9.31 Å². The summed E-state index contributed by atoms with van der Waals surface area (Å²) in [5.41, 5.74) is 0.252. The molecule has 0 saturated carbocycles. The van der Waals surface area contributed by atoms with Crippen molar-refractivity contribution in [1.82, 2.24) is 4.98 Å². The average Bonchev–Trinajstić information content (AvgIpc) is 2.92. The Morgan fingerprint density at radius 1 is 1.24 bits per heavy atom. The van der Waals surface area contributed by atoms with Crippen LogP contribution in [-0.4, -0.2) is 47.6 Å². The molecule has 2 aliphatic rings. The van der Waals surface area contributed by atoms with Crippen LogP contribution in [0.25, 0.3) is 0 Å². The third-order valence-electron chi connectivity index (χ3n) is 4.78. The molecule has 2 saturated heterocycles. The van der Waals surface area contributed by atoms with Crippen molar-refractivity contribution < 1.29 is 14.4 Å². The van der Waals surface area contributed by atoms with Gasteiger partial charge in [-0.15, -0.1) is 0 Å². The molecule has 0 radical (unpaired) electrons. The maximum Gasteiger partial charge on any atom is 0.496 e. The Morgan fingerprint density at radius 2 is 1.90 bits per heavy atom. The van der Waals surface area contributed by atoms with E-state index in [-0.39, 0.29) is 24.4 Å². The first-order valence-corrected chi connectivity index (χ1v) is 7.53. The number of aliphatic hydroxyl groups excluding tert-OH is 1. The van der Waals surface area contributed by atoms with Crippen LogP contribution in [0.1, 0.15) is 34.1 Å². The Labute approximate surface area is 126 Å². The van der Waals surface area contributed by atoms with E-state index in [1.807, 2.05) is 46.0 Å². The van der Waals surface area contributed by atoms with Crippen LogP contribution in [0, 0.1) is 0 Å². The SMILES string of the molecule is CC1(C)OB(c2ccc(N3CCC(O)C3)nc2)OC1(C)C. The fourth-order valence-electron chi connectivity index (χ4n) is 2.65. The number of β-amino-alcohol motifs (C(OH)–C–C–N with tert-alkyl or cyclic N) is 1. The molecule has 1 N–H and O–H groups in total. The first-order chi connectivity index (χ1) is 9.78. The smallest absolute Gasteiger partial charge is 0.399 e. The normalized spacial score (nSPS) is 27.4. The van der Waals surface area contributed by atoms with Crippen LogP contribution < -0.4 is 10.4 Å². The van der Waals surface area contributed by atoms with E-state index >= 15 is 0 Å². The van der Waals surface area contributed by atoms with Gasteiger partial charge in [-0.05, 0) is 40.2 Å². The Bertz CT molecular complexity index is 502. The number of aliphatic hydroxyl groups is 1. The number of nitrogens with zero attached hydrogens (tertiary/aromatic N) is 2. The van der Waals surface area contributed by atoms with Crippen LogP contribution in [0.2, 0.25) is 0 Å². The zero-order valence-electron chi connectivity index (χ0n) is 13.2. The van der Waals surface area contributed by atoms with Crippen LogP contribution in [0.3, 0.4) is 0 Å². The maximum atomic E-state index is 9.59. The maximum absolute atomic E-state index is 9.59. The lowest BCUT2D eigenvalue weighted by Crippen LogP contribution is -2.41. The molecule has 0 amide bonds. The molecule has 2 aliphatic heterocycles. The first kappa shape index (κ1) is 14.8. The highest BCUT2D eigenvalue weighted by molar-refractivity contribution is 6.62. The molecule has 0 spiro atoms. The molecule has 1 atom stereocenters. The summed E-state index contributed by atoms with van der Waals surface area (Å²) in [6.07, 6.45) is 2.37. The minimum Gasteiger partial charge on any atom is -0.399 e. The molecular weight excluding hydrogens is 267 g/mol. The highest BCUT2D eigenvalue weighted by Crippen LogP contribution is 2.36. The molecular formula is C15H23BN2O3. The van der Waals surface area contributed by atoms with Gasteiger partial charge in [0, 0.05) is 24.7 Å². The summed E-state index contributed by atoms with van der Waals surface area (Å²) in [7, 11) is -0.374.